The average Bonchev–Trinajstić information content (AvgIpc) is 2.73. The molecule has 1 aromatic heterocycles. The summed E-state index contributed by atoms with van der Waals surface area (Å²) in [7, 11) is 1.63. The summed E-state index contributed by atoms with van der Waals surface area (Å²) in [4.78, 5) is 9.49. The monoisotopic (exact) mass is 407 g/mol. The molecule has 3 rings (SSSR count). The van der Waals surface area contributed by atoms with Crippen molar-refractivity contribution in [1.82, 2.24) is 9.97 Å². The Labute approximate surface area is 170 Å². The lowest BCUT2D eigenvalue weighted by molar-refractivity contribution is -0.137. The number of rotatable bonds is 6. The lowest BCUT2D eigenvalue weighted by atomic mass is 9.83. The smallest absolute Gasteiger partial charge is 0.421 e. The Morgan fingerprint density at radius 2 is 1.86 bits per heavy atom. The first-order chi connectivity index (χ1) is 13.8. The van der Waals surface area contributed by atoms with Gasteiger partial charge in [0.1, 0.15) is 5.56 Å². The quantitative estimate of drug-likeness (QED) is 0.549. The van der Waals surface area contributed by atoms with E-state index in [2.05, 4.69) is 9.97 Å². The number of hydrogen-bond acceptors (Lipinski definition) is 4. The summed E-state index contributed by atoms with van der Waals surface area (Å²) in [5.74, 6) is 0.170. The predicted molar refractivity (Wildman–Crippen MR) is 108 cm³/mol. The molecule has 0 bridgehead atoms. The van der Waals surface area contributed by atoms with Crippen LogP contribution in [0.3, 0.4) is 0 Å². The molecule has 0 spiro atoms. The third-order valence-corrected chi connectivity index (χ3v) is 5.59. The number of halogens is 3. The maximum absolute atomic E-state index is 13.7. The van der Waals surface area contributed by atoms with Gasteiger partial charge in [0.25, 0.3) is 0 Å². The van der Waals surface area contributed by atoms with Gasteiger partial charge < -0.3 is 9.64 Å². The highest BCUT2D eigenvalue weighted by Crippen LogP contribution is 2.42. The van der Waals surface area contributed by atoms with Crippen molar-refractivity contribution in [2.45, 2.75) is 70.6 Å². The Bertz CT molecular complexity index is 819. The molecule has 4 nitrogen and oxygen atoms in total. The maximum atomic E-state index is 13.7. The van der Waals surface area contributed by atoms with Crippen LogP contribution in [0.15, 0.2) is 30.5 Å². The second kappa shape index (κ2) is 9.01. The molecule has 29 heavy (non-hydrogen) atoms. The number of para-hydroxylation sites is 1. The van der Waals surface area contributed by atoms with Gasteiger partial charge in [-0.1, -0.05) is 44.4 Å². The van der Waals surface area contributed by atoms with E-state index in [1.165, 1.54) is 11.3 Å². The van der Waals surface area contributed by atoms with Gasteiger partial charge in [-0.3, -0.25) is 0 Å². The second-order valence-electron chi connectivity index (χ2n) is 7.68. The van der Waals surface area contributed by atoms with E-state index in [4.69, 9.17) is 4.74 Å². The van der Waals surface area contributed by atoms with E-state index < -0.39 is 11.7 Å². The summed E-state index contributed by atoms with van der Waals surface area (Å²) in [6, 6.07) is 7.64. The van der Waals surface area contributed by atoms with Crippen LogP contribution in [0.5, 0.6) is 6.01 Å². The number of alkyl halides is 3. The van der Waals surface area contributed by atoms with Crippen molar-refractivity contribution in [2.24, 2.45) is 0 Å². The number of hydrogen-bond donors (Lipinski definition) is 0. The summed E-state index contributed by atoms with van der Waals surface area (Å²) < 4.78 is 46.7. The first-order valence-electron chi connectivity index (χ1n) is 10.2. The van der Waals surface area contributed by atoms with Crippen LogP contribution in [-0.4, -0.2) is 23.1 Å². The van der Waals surface area contributed by atoms with Crippen LogP contribution in [0, 0.1) is 0 Å². The third-order valence-electron chi connectivity index (χ3n) is 5.59. The zero-order valence-electron chi connectivity index (χ0n) is 17.2. The van der Waals surface area contributed by atoms with E-state index in [0.717, 1.165) is 43.1 Å². The molecule has 1 heterocycles. The molecule has 7 heteroatoms. The van der Waals surface area contributed by atoms with Crippen molar-refractivity contribution < 1.29 is 17.9 Å². The molecule has 0 saturated heterocycles. The molecule has 1 aromatic carbocycles. The molecule has 0 aliphatic heterocycles. The molecular formula is C22H28F3N3O. The minimum atomic E-state index is -4.56. The highest BCUT2D eigenvalue weighted by molar-refractivity contribution is 5.66. The SMILES string of the molecule is CCC(C)Oc1ncc(C(F)(F)F)c(N(C)c2ccccc2C2CCCCC2)n1. The van der Waals surface area contributed by atoms with Crippen molar-refractivity contribution in [1.29, 1.82) is 0 Å². The number of nitrogens with zero attached hydrogens (tertiary/aromatic N) is 3. The Kier molecular flexibility index (Phi) is 6.65. The number of ether oxygens (including phenoxy) is 1. The van der Waals surface area contributed by atoms with Gasteiger partial charge in [-0.25, -0.2) is 4.98 Å². The summed E-state index contributed by atoms with van der Waals surface area (Å²) in [6.07, 6.45) is 2.42. The van der Waals surface area contributed by atoms with E-state index in [0.29, 0.717) is 12.3 Å². The Morgan fingerprint density at radius 1 is 1.17 bits per heavy atom. The molecule has 1 aliphatic rings. The van der Waals surface area contributed by atoms with E-state index in [1.54, 1.807) is 7.05 Å². The molecule has 2 aromatic rings. The van der Waals surface area contributed by atoms with E-state index >= 15 is 0 Å². The fourth-order valence-electron chi connectivity index (χ4n) is 3.80. The van der Waals surface area contributed by atoms with Crippen molar-refractivity contribution in [3.8, 4) is 6.01 Å². The number of aromatic nitrogens is 2. The molecule has 0 N–H and O–H groups in total. The van der Waals surface area contributed by atoms with Crippen LogP contribution in [0.2, 0.25) is 0 Å². The standard InChI is InChI=1S/C22H28F3N3O/c1-4-15(2)29-21-26-14-18(22(23,24)25)20(27-21)28(3)19-13-9-8-12-17(19)16-10-6-5-7-11-16/h8-9,12-16H,4-7,10-11H2,1-3H3. The van der Waals surface area contributed by atoms with Crippen LogP contribution in [-0.2, 0) is 6.18 Å². The first-order valence-corrected chi connectivity index (χ1v) is 10.2. The minimum Gasteiger partial charge on any atom is -0.460 e. The van der Waals surface area contributed by atoms with Gasteiger partial charge in [-0.2, -0.15) is 18.2 Å². The molecular weight excluding hydrogens is 379 g/mol. The normalized spacial score (nSPS) is 16.5. The molecule has 0 amide bonds. The molecule has 1 unspecified atom stereocenters. The van der Waals surface area contributed by atoms with Crippen LogP contribution in [0.25, 0.3) is 0 Å². The maximum Gasteiger partial charge on any atom is 0.421 e. The van der Waals surface area contributed by atoms with Gasteiger partial charge in [0.2, 0.25) is 0 Å². The Balaban J connectivity index is 2.03. The topological polar surface area (TPSA) is 38.2 Å². The van der Waals surface area contributed by atoms with Gasteiger partial charge in [0.15, 0.2) is 5.82 Å². The molecule has 1 fully saturated rings. The number of benzene rings is 1. The summed E-state index contributed by atoms with van der Waals surface area (Å²) in [5, 5.41) is 0. The van der Waals surface area contributed by atoms with Crippen molar-refractivity contribution in [3.05, 3.63) is 41.6 Å². The molecule has 1 aliphatic carbocycles. The minimum absolute atomic E-state index is 0.0376. The van der Waals surface area contributed by atoms with Crippen LogP contribution < -0.4 is 9.64 Å². The summed E-state index contributed by atoms with van der Waals surface area (Å²) >= 11 is 0. The lowest BCUT2D eigenvalue weighted by Crippen LogP contribution is -2.22. The van der Waals surface area contributed by atoms with E-state index in [-0.39, 0.29) is 17.9 Å². The molecule has 1 saturated carbocycles. The highest BCUT2D eigenvalue weighted by atomic mass is 19.4. The zero-order valence-corrected chi connectivity index (χ0v) is 17.2. The Hall–Kier alpha value is -2.31. The van der Waals surface area contributed by atoms with E-state index in [1.807, 2.05) is 38.1 Å². The van der Waals surface area contributed by atoms with Crippen molar-refractivity contribution in [2.75, 3.05) is 11.9 Å². The molecule has 0 radical (unpaired) electrons. The average molecular weight is 407 g/mol. The first kappa shape index (κ1) is 21.4. The van der Waals surface area contributed by atoms with Crippen LogP contribution >= 0.6 is 0 Å². The van der Waals surface area contributed by atoms with Gasteiger partial charge in [0.05, 0.1) is 6.10 Å². The fraction of sp³-hybridized carbons (Fsp3) is 0.545. The highest BCUT2D eigenvalue weighted by Gasteiger charge is 2.37. The van der Waals surface area contributed by atoms with Crippen LogP contribution in [0.1, 0.15) is 69.4 Å². The van der Waals surface area contributed by atoms with Crippen LogP contribution in [0.4, 0.5) is 24.7 Å². The predicted octanol–water partition coefficient (Wildman–Crippen LogP) is 6.49. The molecule has 1 atom stereocenters. The van der Waals surface area contributed by atoms with Gasteiger partial charge in [-0.05, 0) is 43.7 Å². The van der Waals surface area contributed by atoms with Gasteiger partial charge >= 0.3 is 12.2 Å². The summed E-state index contributed by atoms with van der Waals surface area (Å²) in [6.45, 7) is 3.77. The van der Waals surface area contributed by atoms with Crippen molar-refractivity contribution >= 4 is 11.5 Å². The van der Waals surface area contributed by atoms with Gasteiger partial charge in [-0.15, -0.1) is 0 Å². The third kappa shape index (κ3) is 5.00. The zero-order chi connectivity index (χ0) is 21.0. The van der Waals surface area contributed by atoms with Crippen molar-refractivity contribution in [3.63, 3.8) is 0 Å². The largest absolute Gasteiger partial charge is 0.460 e. The van der Waals surface area contributed by atoms with E-state index in [9.17, 15) is 13.2 Å². The summed E-state index contributed by atoms with van der Waals surface area (Å²) in [5.41, 5.74) is 0.957. The molecule has 158 valence electrons. The second-order valence-corrected chi connectivity index (χ2v) is 7.68. The van der Waals surface area contributed by atoms with Gasteiger partial charge in [0, 0.05) is 18.9 Å². The Morgan fingerprint density at radius 3 is 2.52 bits per heavy atom. The number of anilines is 2. The lowest BCUT2D eigenvalue weighted by Gasteiger charge is -2.29. The fourth-order valence-corrected chi connectivity index (χ4v) is 3.80.